The minimum Gasteiger partial charge on any atom is -0.462 e. The number of H-pyrrole nitrogens is 1. The summed E-state index contributed by atoms with van der Waals surface area (Å²) in [4.78, 5) is 66.5. The van der Waals surface area contributed by atoms with E-state index in [1.165, 1.54) is 6.07 Å². The zero-order chi connectivity index (χ0) is 51.9. The highest BCUT2D eigenvalue weighted by Crippen LogP contribution is 2.38. The van der Waals surface area contributed by atoms with Gasteiger partial charge in [-0.3, -0.25) is 4.79 Å². The van der Waals surface area contributed by atoms with Gasteiger partial charge < -0.3 is 49.2 Å². The van der Waals surface area contributed by atoms with E-state index in [1.54, 1.807) is 26.6 Å². The van der Waals surface area contributed by atoms with Crippen LogP contribution in [0.4, 0.5) is 32.6 Å². The molecule has 0 aliphatic carbocycles. The molecule has 2 N–H and O–H groups in total. The number of benzene rings is 3. The number of carbonyl (C=O) groups is 2. The average molecular weight is 1120 g/mol. The van der Waals surface area contributed by atoms with Gasteiger partial charge in [0.25, 0.3) is 5.91 Å². The quantitative estimate of drug-likeness (QED) is 0.109. The number of imidazole rings is 1. The molecular weight excluding hydrogens is 1070 g/mol. The number of ether oxygens (including phenoxy) is 2. The van der Waals surface area contributed by atoms with E-state index in [0.717, 1.165) is 52.9 Å². The highest BCUT2D eigenvalue weighted by molar-refractivity contribution is 9.10. The maximum Gasteiger partial charge on any atom is 0.410 e. The van der Waals surface area contributed by atoms with E-state index in [2.05, 4.69) is 88.9 Å². The molecule has 3 saturated heterocycles. The van der Waals surface area contributed by atoms with E-state index in [9.17, 15) is 19.2 Å². The third-order valence-corrected chi connectivity index (χ3v) is 15.6. The van der Waals surface area contributed by atoms with Crippen LogP contribution >= 0.6 is 39.1 Å². The van der Waals surface area contributed by atoms with Crippen molar-refractivity contribution in [3.63, 3.8) is 0 Å². The topological polar surface area (TPSA) is 205 Å². The number of nitrogens with zero attached hydrogens (tertiary/aromatic N) is 14. The molecule has 0 unspecified atom stereocenters. The van der Waals surface area contributed by atoms with Gasteiger partial charge in [0.1, 0.15) is 30.4 Å². The Morgan fingerprint density at radius 1 is 0.947 bits per heavy atom. The molecule has 0 saturated carbocycles. The molecule has 388 valence electrons. The number of anilines is 4. The fraction of sp³-hybridized carbons (Fsp3) is 0.392. The molecule has 11 rings (SSSR count). The minimum absolute atomic E-state index is 0.0159. The van der Waals surface area contributed by atoms with Crippen LogP contribution in [0.1, 0.15) is 36.3 Å². The number of aromatic amines is 1. The molecule has 75 heavy (non-hydrogen) atoms. The molecule has 20 nitrogen and oxygen atoms in total. The minimum atomic E-state index is -0.601. The van der Waals surface area contributed by atoms with Crippen LogP contribution in [-0.2, 0) is 29.0 Å². The number of aromatic nitrogens is 8. The molecule has 4 aliphatic heterocycles. The number of hydrogen-bond donors (Lipinski definition) is 2. The summed E-state index contributed by atoms with van der Waals surface area (Å²) in [6.45, 7) is 9.03. The lowest BCUT2D eigenvalue weighted by Crippen LogP contribution is -2.56. The standard InChI is InChI=1S/C51H52BrCl2FN16O4/c1-30(28-75-51(73)67-20-18-66(19-21-67)49-62-46-35(52)24-58-71(46)48(64-49)57-25-41-59-38-12-11-37(54)43(55)44(38)61-41)47(72)70-23-22-69(26-32(70)13-15-56)45-34-14-17-68(40-10-4-7-31-6-3-9-36(53)42(31)40)27-39(34)60-50(63-45)74-29-33-8-5-16-65(33)2/h3-4,6-7,9-12,24,32-33H,1,5,8,13-14,16-23,25-29H2,2H3,(H,59,61)(H,57,62,64)/t32-,33-/m0/s1. The van der Waals surface area contributed by atoms with Crippen LogP contribution in [0, 0.1) is 17.1 Å². The van der Waals surface area contributed by atoms with Crippen LogP contribution in [0.25, 0.3) is 27.5 Å². The Labute approximate surface area is 449 Å². The maximum atomic E-state index is 14.6. The fourth-order valence-electron chi connectivity index (χ4n) is 10.4. The van der Waals surface area contributed by atoms with E-state index in [0.29, 0.717) is 116 Å². The molecule has 24 heteroatoms. The van der Waals surface area contributed by atoms with Crippen LogP contribution in [0.5, 0.6) is 6.01 Å². The van der Waals surface area contributed by atoms with Crippen molar-refractivity contribution < 1.29 is 23.5 Å². The van der Waals surface area contributed by atoms with E-state index < -0.39 is 18.0 Å². The third kappa shape index (κ3) is 10.1. The predicted molar refractivity (Wildman–Crippen MR) is 286 cm³/mol. The molecule has 3 fully saturated rings. The van der Waals surface area contributed by atoms with E-state index >= 15 is 0 Å². The normalized spacial score (nSPS) is 18.2. The molecule has 8 heterocycles. The van der Waals surface area contributed by atoms with Gasteiger partial charge in [-0.25, -0.2) is 14.2 Å². The van der Waals surface area contributed by atoms with Crippen LogP contribution in [0.2, 0.25) is 10.0 Å². The highest BCUT2D eigenvalue weighted by Gasteiger charge is 2.36. The number of carbonyl (C=O) groups excluding carboxylic acids is 2. The molecule has 3 aromatic carbocycles. The smallest absolute Gasteiger partial charge is 0.410 e. The van der Waals surface area contributed by atoms with Gasteiger partial charge in [-0.15, -0.1) is 0 Å². The summed E-state index contributed by atoms with van der Waals surface area (Å²) in [5, 5.41) is 20.4. The Kier molecular flexibility index (Phi) is 14.2. The van der Waals surface area contributed by atoms with Crippen molar-refractivity contribution in [1.82, 2.24) is 54.2 Å². The number of likely N-dealkylation sites (tertiary alicyclic amines) is 1. The van der Waals surface area contributed by atoms with Crippen molar-refractivity contribution in [2.75, 3.05) is 99.2 Å². The molecule has 7 aromatic rings. The zero-order valence-electron chi connectivity index (χ0n) is 41.0. The molecule has 4 aromatic heterocycles. The van der Waals surface area contributed by atoms with Crippen LogP contribution in [0.15, 0.2) is 71.4 Å². The monoisotopic (exact) mass is 1120 g/mol. The number of rotatable bonds is 13. The van der Waals surface area contributed by atoms with Crippen LogP contribution < -0.4 is 24.8 Å². The molecule has 2 amide bonds. The number of nitrogens with one attached hydrogen (secondary N) is 2. The highest BCUT2D eigenvalue weighted by atomic mass is 79.9. The molecule has 0 bridgehead atoms. The van der Waals surface area contributed by atoms with Crippen molar-refractivity contribution in [2.24, 2.45) is 0 Å². The molecule has 2 atom stereocenters. The molecular formula is C51H52BrCl2FN16O4. The van der Waals surface area contributed by atoms with Gasteiger partial charge in [0.2, 0.25) is 11.9 Å². The van der Waals surface area contributed by atoms with Crippen LogP contribution in [-0.4, -0.2) is 157 Å². The van der Waals surface area contributed by atoms with Gasteiger partial charge in [-0.2, -0.15) is 34.8 Å². The lowest BCUT2D eigenvalue weighted by Gasteiger charge is -2.42. The predicted octanol–water partition coefficient (Wildman–Crippen LogP) is 7.25. The molecule has 0 spiro atoms. The van der Waals surface area contributed by atoms with Crippen molar-refractivity contribution >= 4 is 102 Å². The van der Waals surface area contributed by atoms with E-state index in [-0.39, 0.29) is 47.6 Å². The number of hydrogen-bond acceptors (Lipinski definition) is 16. The Morgan fingerprint density at radius 3 is 2.56 bits per heavy atom. The summed E-state index contributed by atoms with van der Waals surface area (Å²) >= 11 is 16.3. The third-order valence-electron chi connectivity index (χ3n) is 14.5. The second-order valence-corrected chi connectivity index (χ2v) is 20.8. The van der Waals surface area contributed by atoms with Gasteiger partial charge >= 0.3 is 12.1 Å². The maximum absolute atomic E-state index is 14.6. The van der Waals surface area contributed by atoms with Gasteiger partial charge in [0.15, 0.2) is 11.5 Å². The van der Waals surface area contributed by atoms with Crippen molar-refractivity contribution in [3.8, 4) is 12.1 Å². The first-order valence-electron chi connectivity index (χ1n) is 24.8. The SMILES string of the molecule is C=C(COC(=O)N1CCN(c2nc(NCc3nc4c(F)c(Cl)ccc4[nH]3)n3ncc(Br)c3n2)CC1)C(=O)N1CCN(c2nc(OC[C@@H]3CCCN3C)nc3c2CCN(c2cccc4cccc(Cl)c24)C3)C[C@@H]1CC#N. The molecule has 0 radical (unpaired) electrons. The number of nitriles is 1. The molecule has 4 aliphatic rings. The second kappa shape index (κ2) is 21.3. The number of halogens is 4. The summed E-state index contributed by atoms with van der Waals surface area (Å²) in [5.74, 6) is 0.999. The zero-order valence-corrected chi connectivity index (χ0v) is 44.1. The summed E-state index contributed by atoms with van der Waals surface area (Å²) in [5.41, 5.74) is 4.17. The summed E-state index contributed by atoms with van der Waals surface area (Å²) in [6, 6.07) is 17.6. The summed E-state index contributed by atoms with van der Waals surface area (Å²) < 4.78 is 28.9. The average Bonchev–Trinajstić information content (AvgIpc) is 4.17. The number of piperazine rings is 2. The fourth-order valence-corrected chi connectivity index (χ4v) is 11.2. The van der Waals surface area contributed by atoms with Crippen molar-refractivity contribution in [1.29, 1.82) is 5.26 Å². The Balaban J connectivity index is 0.725. The first kappa shape index (κ1) is 50.1. The van der Waals surface area contributed by atoms with E-state index in [4.69, 9.17) is 52.6 Å². The number of amides is 2. The second-order valence-electron chi connectivity index (χ2n) is 19.1. The van der Waals surface area contributed by atoms with Crippen molar-refractivity contribution in [2.45, 2.75) is 50.9 Å². The van der Waals surface area contributed by atoms with Gasteiger partial charge in [0.05, 0.1) is 63.5 Å². The Morgan fingerprint density at radius 2 is 1.76 bits per heavy atom. The first-order chi connectivity index (χ1) is 36.4. The Hall–Kier alpha value is -7.06. The van der Waals surface area contributed by atoms with Crippen LogP contribution in [0.3, 0.4) is 0 Å². The lowest BCUT2D eigenvalue weighted by atomic mass is 10.0. The lowest BCUT2D eigenvalue weighted by molar-refractivity contribution is -0.130. The van der Waals surface area contributed by atoms with E-state index in [1.807, 2.05) is 23.1 Å². The summed E-state index contributed by atoms with van der Waals surface area (Å²) in [7, 11) is 2.11. The number of likely N-dealkylation sites (N-methyl/N-ethyl adjacent to an activating group) is 1. The van der Waals surface area contributed by atoms with Gasteiger partial charge in [-0.1, -0.05) is 54.0 Å². The first-order valence-corrected chi connectivity index (χ1v) is 26.4. The summed E-state index contributed by atoms with van der Waals surface area (Å²) in [6.07, 6.45) is 3.90. The number of fused-ring (bicyclic) bond motifs is 4. The Bertz CT molecular complexity index is 3400. The van der Waals surface area contributed by atoms with Crippen molar-refractivity contribution in [3.05, 3.63) is 104 Å². The van der Waals surface area contributed by atoms with Gasteiger partial charge in [-0.05, 0) is 78.4 Å². The largest absolute Gasteiger partial charge is 0.462 e. The van der Waals surface area contributed by atoms with Gasteiger partial charge in [0, 0.05) is 80.6 Å².